The van der Waals surface area contributed by atoms with Crippen LogP contribution in [0.25, 0.3) is 0 Å². The van der Waals surface area contributed by atoms with E-state index in [0.717, 1.165) is 51.5 Å². The summed E-state index contributed by atoms with van der Waals surface area (Å²) in [6.07, 6.45) is 2.19. The summed E-state index contributed by atoms with van der Waals surface area (Å²) in [5.74, 6) is 1.65. The number of ether oxygens (including phenoxy) is 2. The van der Waals surface area contributed by atoms with Gasteiger partial charge in [0, 0.05) is 25.7 Å². The van der Waals surface area contributed by atoms with E-state index in [9.17, 15) is 0 Å². The van der Waals surface area contributed by atoms with Gasteiger partial charge in [-0.3, -0.25) is 0 Å². The fourth-order valence-electron chi connectivity index (χ4n) is 2.35. The maximum absolute atomic E-state index is 5.67. The van der Waals surface area contributed by atoms with E-state index in [1.54, 1.807) is 0 Å². The predicted molar refractivity (Wildman–Crippen MR) is 73.3 cm³/mol. The molecule has 0 radical (unpaired) electrons. The molecule has 1 atom stereocenters. The molecule has 0 bridgehead atoms. The van der Waals surface area contributed by atoms with Gasteiger partial charge < -0.3 is 14.8 Å². The smallest absolute Gasteiger partial charge is 0.122 e. The largest absolute Gasteiger partial charge is 0.493 e. The van der Waals surface area contributed by atoms with Gasteiger partial charge in [0.05, 0.1) is 6.61 Å². The Morgan fingerprint density at radius 1 is 1.39 bits per heavy atom. The van der Waals surface area contributed by atoms with Crippen LogP contribution in [0, 0.1) is 0 Å². The van der Waals surface area contributed by atoms with Crippen LogP contribution in [0.5, 0.6) is 5.75 Å². The maximum atomic E-state index is 5.67. The van der Waals surface area contributed by atoms with Gasteiger partial charge in [-0.1, -0.05) is 18.2 Å². The fourth-order valence-corrected chi connectivity index (χ4v) is 2.35. The zero-order chi connectivity index (χ0) is 12.6. The van der Waals surface area contributed by atoms with Gasteiger partial charge in [-0.15, -0.1) is 0 Å². The lowest BCUT2D eigenvalue weighted by Gasteiger charge is -2.26. The number of nitrogens with one attached hydrogen (secondary N) is 1. The summed E-state index contributed by atoms with van der Waals surface area (Å²) in [5, 5.41) is 3.52. The molecule has 18 heavy (non-hydrogen) atoms. The molecule has 0 amide bonds. The van der Waals surface area contributed by atoms with Crippen molar-refractivity contribution in [3.8, 4) is 5.75 Å². The molecule has 1 aromatic rings. The Labute approximate surface area is 109 Å². The maximum Gasteiger partial charge on any atom is 0.122 e. The van der Waals surface area contributed by atoms with Gasteiger partial charge in [-0.2, -0.15) is 0 Å². The number of para-hydroxylation sites is 1. The molecule has 3 heteroatoms. The monoisotopic (exact) mass is 249 g/mol. The van der Waals surface area contributed by atoms with Crippen LogP contribution in [-0.2, 0) is 4.74 Å². The highest BCUT2D eigenvalue weighted by molar-refractivity contribution is 5.37. The van der Waals surface area contributed by atoms with E-state index >= 15 is 0 Å². The molecular weight excluding hydrogens is 226 g/mol. The molecule has 1 aliphatic heterocycles. The number of hydrogen-bond acceptors (Lipinski definition) is 3. The van der Waals surface area contributed by atoms with Crippen molar-refractivity contribution >= 4 is 0 Å². The number of benzene rings is 1. The Morgan fingerprint density at radius 2 is 2.28 bits per heavy atom. The molecule has 0 fully saturated rings. The Balaban J connectivity index is 1.74. The van der Waals surface area contributed by atoms with E-state index < -0.39 is 0 Å². The van der Waals surface area contributed by atoms with Crippen LogP contribution in [0.1, 0.15) is 31.2 Å². The second-order valence-electron chi connectivity index (χ2n) is 4.63. The minimum Gasteiger partial charge on any atom is -0.493 e. The Kier molecular flexibility index (Phi) is 5.49. The summed E-state index contributed by atoms with van der Waals surface area (Å²) >= 11 is 0. The second-order valence-corrected chi connectivity index (χ2v) is 4.63. The lowest BCUT2D eigenvalue weighted by atomic mass is 9.93. The predicted octanol–water partition coefficient (Wildman–Crippen LogP) is 2.57. The SMILES string of the molecule is CCOCCCNCC1CCOc2ccccc21. The molecule has 0 aromatic heterocycles. The van der Waals surface area contributed by atoms with Crippen molar-refractivity contribution in [3.05, 3.63) is 29.8 Å². The average Bonchev–Trinajstić information content (AvgIpc) is 2.43. The van der Waals surface area contributed by atoms with Crippen LogP contribution in [0.3, 0.4) is 0 Å². The zero-order valence-electron chi connectivity index (χ0n) is 11.2. The van der Waals surface area contributed by atoms with Crippen molar-refractivity contribution in [1.29, 1.82) is 0 Å². The van der Waals surface area contributed by atoms with E-state index in [1.165, 1.54) is 5.56 Å². The van der Waals surface area contributed by atoms with Gasteiger partial charge in [-0.25, -0.2) is 0 Å². The van der Waals surface area contributed by atoms with Gasteiger partial charge in [0.15, 0.2) is 0 Å². The molecule has 0 spiro atoms. The lowest BCUT2D eigenvalue weighted by molar-refractivity contribution is 0.144. The first-order chi connectivity index (χ1) is 8.92. The summed E-state index contributed by atoms with van der Waals surface area (Å²) in [7, 11) is 0. The Morgan fingerprint density at radius 3 is 3.17 bits per heavy atom. The van der Waals surface area contributed by atoms with Crippen molar-refractivity contribution in [2.75, 3.05) is 32.9 Å². The molecule has 1 N–H and O–H groups in total. The molecular formula is C15H23NO2. The van der Waals surface area contributed by atoms with Crippen LogP contribution >= 0.6 is 0 Å². The van der Waals surface area contributed by atoms with E-state index in [1.807, 2.05) is 13.0 Å². The first-order valence-electron chi connectivity index (χ1n) is 6.92. The van der Waals surface area contributed by atoms with Crippen LogP contribution in [0.2, 0.25) is 0 Å². The molecule has 100 valence electrons. The molecule has 1 aromatic carbocycles. The third-order valence-electron chi connectivity index (χ3n) is 3.32. The fraction of sp³-hybridized carbons (Fsp3) is 0.600. The molecule has 0 saturated carbocycles. The standard InChI is InChI=1S/C15H23NO2/c1-2-17-10-5-9-16-12-13-8-11-18-15-7-4-3-6-14(13)15/h3-4,6-7,13,16H,2,5,8-12H2,1H3. The highest BCUT2D eigenvalue weighted by Crippen LogP contribution is 2.32. The molecule has 1 unspecified atom stereocenters. The third kappa shape index (κ3) is 3.72. The van der Waals surface area contributed by atoms with E-state index in [2.05, 4.69) is 23.5 Å². The Bertz CT molecular complexity index is 354. The third-order valence-corrected chi connectivity index (χ3v) is 3.32. The number of fused-ring (bicyclic) bond motifs is 1. The van der Waals surface area contributed by atoms with Crippen LogP contribution in [0.4, 0.5) is 0 Å². The highest BCUT2D eigenvalue weighted by atomic mass is 16.5. The zero-order valence-corrected chi connectivity index (χ0v) is 11.2. The summed E-state index contributed by atoms with van der Waals surface area (Å²) in [6, 6.07) is 8.38. The van der Waals surface area contributed by atoms with Crippen molar-refractivity contribution in [2.45, 2.75) is 25.7 Å². The highest BCUT2D eigenvalue weighted by Gasteiger charge is 2.20. The van der Waals surface area contributed by atoms with E-state index in [-0.39, 0.29) is 0 Å². The normalized spacial score (nSPS) is 18.2. The quantitative estimate of drug-likeness (QED) is 0.753. The van der Waals surface area contributed by atoms with Gasteiger partial charge >= 0.3 is 0 Å². The van der Waals surface area contributed by atoms with Gasteiger partial charge in [0.25, 0.3) is 0 Å². The van der Waals surface area contributed by atoms with Crippen molar-refractivity contribution < 1.29 is 9.47 Å². The van der Waals surface area contributed by atoms with Crippen LogP contribution < -0.4 is 10.1 Å². The van der Waals surface area contributed by atoms with Crippen molar-refractivity contribution in [2.24, 2.45) is 0 Å². The molecule has 1 aliphatic rings. The summed E-state index contributed by atoms with van der Waals surface area (Å²) in [4.78, 5) is 0. The first kappa shape index (κ1) is 13.4. The van der Waals surface area contributed by atoms with Crippen molar-refractivity contribution in [3.63, 3.8) is 0 Å². The van der Waals surface area contributed by atoms with E-state index in [0.29, 0.717) is 5.92 Å². The Hall–Kier alpha value is -1.06. The van der Waals surface area contributed by atoms with Crippen molar-refractivity contribution in [1.82, 2.24) is 5.32 Å². The first-order valence-corrected chi connectivity index (χ1v) is 6.92. The molecule has 0 aliphatic carbocycles. The molecule has 3 nitrogen and oxygen atoms in total. The van der Waals surface area contributed by atoms with Gasteiger partial charge in [0.1, 0.15) is 5.75 Å². The van der Waals surface area contributed by atoms with E-state index in [4.69, 9.17) is 9.47 Å². The summed E-state index contributed by atoms with van der Waals surface area (Å²) in [6.45, 7) is 6.60. The summed E-state index contributed by atoms with van der Waals surface area (Å²) < 4.78 is 11.0. The molecule has 0 saturated heterocycles. The average molecular weight is 249 g/mol. The van der Waals surface area contributed by atoms with Crippen LogP contribution in [0.15, 0.2) is 24.3 Å². The molecule has 2 rings (SSSR count). The molecule has 1 heterocycles. The van der Waals surface area contributed by atoms with Gasteiger partial charge in [-0.05, 0) is 37.9 Å². The van der Waals surface area contributed by atoms with Gasteiger partial charge in [0.2, 0.25) is 0 Å². The van der Waals surface area contributed by atoms with Crippen LogP contribution in [-0.4, -0.2) is 32.9 Å². The summed E-state index contributed by atoms with van der Waals surface area (Å²) in [5.41, 5.74) is 1.35. The topological polar surface area (TPSA) is 30.5 Å². The second kappa shape index (κ2) is 7.39. The minimum absolute atomic E-state index is 0.585. The number of hydrogen-bond donors (Lipinski definition) is 1. The minimum atomic E-state index is 0.585. The number of rotatable bonds is 7. The lowest BCUT2D eigenvalue weighted by Crippen LogP contribution is -2.27.